The SMILES string of the molecule is CCN1CCN(C(=O)[C@@H](C)N2CCN(S(=O)(=O)c3cccs3)CC2)CC1. The zero-order chi connectivity index (χ0) is 18.7. The number of nitrogens with zero attached hydrogens (tertiary/aromatic N) is 4. The fourth-order valence-corrected chi connectivity index (χ4v) is 6.14. The molecule has 1 aromatic rings. The van der Waals surface area contributed by atoms with Gasteiger partial charge in [-0.05, 0) is 24.9 Å². The molecule has 1 aromatic heterocycles. The Bertz CT molecular complexity index is 692. The summed E-state index contributed by atoms with van der Waals surface area (Å²) in [5.41, 5.74) is 0. The number of rotatable bonds is 5. The number of carbonyl (C=O) groups excluding carboxylic acids is 1. The van der Waals surface area contributed by atoms with E-state index in [0.29, 0.717) is 30.4 Å². The summed E-state index contributed by atoms with van der Waals surface area (Å²) < 4.78 is 27.1. The van der Waals surface area contributed by atoms with E-state index in [1.165, 1.54) is 15.6 Å². The minimum atomic E-state index is -3.39. The number of sulfonamides is 1. The minimum absolute atomic E-state index is 0.162. The van der Waals surface area contributed by atoms with Crippen molar-refractivity contribution in [3.63, 3.8) is 0 Å². The molecule has 2 saturated heterocycles. The lowest BCUT2D eigenvalue weighted by Crippen LogP contribution is -2.57. The van der Waals surface area contributed by atoms with Crippen LogP contribution in [0.1, 0.15) is 13.8 Å². The van der Waals surface area contributed by atoms with Crippen molar-refractivity contribution in [2.24, 2.45) is 0 Å². The van der Waals surface area contributed by atoms with Gasteiger partial charge in [0, 0.05) is 52.4 Å². The number of piperazine rings is 2. The standard InChI is InChI=1S/C17H28N4O3S2/c1-3-18-6-8-20(9-7-18)17(22)15(2)19-10-12-21(13-11-19)26(23,24)16-5-4-14-25-16/h4-5,14-15H,3,6-13H2,1-2H3/t15-/m1/s1. The van der Waals surface area contributed by atoms with Gasteiger partial charge in [0.15, 0.2) is 0 Å². The predicted octanol–water partition coefficient (Wildman–Crippen LogP) is 0.607. The molecule has 0 saturated carbocycles. The van der Waals surface area contributed by atoms with Gasteiger partial charge in [-0.15, -0.1) is 11.3 Å². The molecule has 0 bridgehead atoms. The molecule has 0 radical (unpaired) electrons. The van der Waals surface area contributed by atoms with Crippen molar-refractivity contribution in [2.45, 2.75) is 24.1 Å². The summed E-state index contributed by atoms with van der Waals surface area (Å²) in [5.74, 6) is 0.162. The molecule has 146 valence electrons. The topological polar surface area (TPSA) is 64.2 Å². The molecule has 2 aliphatic heterocycles. The molecular formula is C17H28N4O3S2. The Morgan fingerprint density at radius 2 is 1.77 bits per heavy atom. The second-order valence-electron chi connectivity index (χ2n) is 6.81. The average Bonchev–Trinajstić information content (AvgIpc) is 3.23. The van der Waals surface area contributed by atoms with Gasteiger partial charge in [0.25, 0.3) is 10.0 Å². The van der Waals surface area contributed by atoms with E-state index >= 15 is 0 Å². The third kappa shape index (κ3) is 4.12. The Kier molecular flexibility index (Phi) is 6.34. The van der Waals surface area contributed by atoms with Crippen molar-refractivity contribution in [3.8, 4) is 0 Å². The zero-order valence-electron chi connectivity index (χ0n) is 15.5. The molecule has 0 aliphatic carbocycles. The molecule has 0 spiro atoms. The summed E-state index contributed by atoms with van der Waals surface area (Å²) in [6.45, 7) is 10.6. The lowest BCUT2D eigenvalue weighted by atomic mass is 10.2. The van der Waals surface area contributed by atoms with E-state index in [4.69, 9.17) is 0 Å². The summed E-state index contributed by atoms with van der Waals surface area (Å²) in [6.07, 6.45) is 0. The lowest BCUT2D eigenvalue weighted by molar-refractivity contribution is -0.138. The van der Waals surface area contributed by atoms with Gasteiger partial charge < -0.3 is 9.80 Å². The van der Waals surface area contributed by atoms with Crippen LogP contribution in [0, 0.1) is 0 Å². The number of carbonyl (C=O) groups is 1. The quantitative estimate of drug-likeness (QED) is 0.725. The summed E-state index contributed by atoms with van der Waals surface area (Å²) in [4.78, 5) is 19.2. The van der Waals surface area contributed by atoms with E-state index in [0.717, 1.165) is 32.7 Å². The average molecular weight is 401 g/mol. The predicted molar refractivity (Wildman–Crippen MR) is 103 cm³/mol. The third-order valence-corrected chi connectivity index (χ3v) is 8.67. The van der Waals surface area contributed by atoms with E-state index in [1.54, 1.807) is 17.5 Å². The van der Waals surface area contributed by atoms with Gasteiger partial charge in [0.05, 0.1) is 6.04 Å². The smallest absolute Gasteiger partial charge is 0.252 e. The fourth-order valence-electron chi connectivity index (χ4n) is 3.57. The molecule has 0 unspecified atom stereocenters. The number of hydrogen-bond donors (Lipinski definition) is 0. The van der Waals surface area contributed by atoms with Gasteiger partial charge in [0.1, 0.15) is 4.21 Å². The van der Waals surface area contributed by atoms with Gasteiger partial charge >= 0.3 is 0 Å². The van der Waals surface area contributed by atoms with E-state index in [9.17, 15) is 13.2 Å². The van der Waals surface area contributed by atoms with Gasteiger partial charge in [-0.2, -0.15) is 4.31 Å². The largest absolute Gasteiger partial charge is 0.339 e. The van der Waals surface area contributed by atoms with Crippen LogP contribution >= 0.6 is 11.3 Å². The highest BCUT2D eigenvalue weighted by Crippen LogP contribution is 2.22. The summed E-state index contributed by atoms with van der Waals surface area (Å²) in [7, 11) is -3.39. The monoisotopic (exact) mass is 400 g/mol. The first kappa shape index (κ1) is 19.8. The first-order valence-corrected chi connectivity index (χ1v) is 11.5. The minimum Gasteiger partial charge on any atom is -0.339 e. The normalized spacial score (nSPS) is 22.5. The molecule has 3 heterocycles. The van der Waals surface area contributed by atoms with Crippen molar-refractivity contribution in [3.05, 3.63) is 17.5 Å². The van der Waals surface area contributed by atoms with E-state index < -0.39 is 10.0 Å². The molecular weight excluding hydrogens is 372 g/mol. The number of likely N-dealkylation sites (N-methyl/N-ethyl adjacent to an activating group) is 1. The summed E-state index contributed by atoms with van der Waals surface area (Å²) >= 11 is 1.25. The van der Waals surface area contributed by atoms with Crippen molar-refractivity contribution in [1.29, 1.82) is 0 Å². The maximum Gasteiger partial charge on any atom is 0.252 e. The Labute approximate surface area is 160 Å². The molecule has 7 nitrogen and oxygen atoms in total. The maximum atomic E-state index is 12.8. The highest BCUT2D eigenvalue weighted by Gasteiger charge is 2.34. The number of thiophene rings is 1. The Hall–Kier alpha value is -1.00. The van der Waals surface area contributed by atoms with Crippen LogP contribution in [0.4, 0.5) is 0 Å². The van der Waals surface area contributed by atoms with Gasteiger partial charge in [-0.25, -0.2) is 8.42 Å². The molecule has 9 heteroatoms. The highest BCUT2D eigenvalue weighted by atomic mass is 32.2. The van der Waals surface area contributed by atoms with Crippen molar-refractivity contribution in [1.82, 2.24) is 19.0 Å². The molecule has 2 fully saturated rings. The van der Waals surface area contributed by atoms with Crippen molar-refractivity contribution >= 4 is 27.3 Å². The second-order valence-corrected chi connectivity index (χ2v) is 9.92. The molecule has 3 rings (SSSR count). The van der Waals surface area contributed by atoms with Crippen LogP contribution in [0.25, 0.3) is 0 Å². The van der Waals surface area contributed by atoms with Crippen LogP contribution in [0.5, 0.6) is 0 Å². The van der Waals surface area contributed by atoms with Crippen LogP contribution in [0.3, 0.4) is 0 Å². The number of hydrogen-bond acceptors (Lipinski definition) is 6. The van der Waals surface area contributed by atoms with Gasteiger partial charge in [-0.3, -0.25) is 9.69 Å². The third-order valence-electron chi connectivity index (χ3n) is 5.40. The number of amides is 1. The highest BCUT2D eigenvalue weighted by molar-refractivity contribution is 7.91. The lowest BCUT2D eigenvalue weighted by Gasteiger charge is -2.40. The molecule has 1 atom stereocenters. The molecule has 2 aliphatic rings. The van der Waals surface area contributed by atoms with Crippen LogP contribution < -0.4 is 0 Å². The first-order valence-electron chi connectivity index (χ1n) is 9.22. The van der Waals surface area contributed by atoms with Crippen LogP contribution in [-0.4, -0.2) is 98.3 Å². The van der Waals surface area contributed by atoms with E-state index in [2.05, 4.69) is 16.7 Å². The van der Waals surface area contributed by atoms with Gasteiger partial charge in [0.2, 0.25) is 5.91 Å². The van der Waals surface area contributed by atoms with Gasteiger partial charge in [-0.1, -0.05) is 13.0 Å². The Morgan fingerprint density at radius 1 is 1.12 bits per heavy atom. The van der Waals surface area contributed by atoms with Crippen LogP contribution in [0.2, 0.25) is 0 Å². The van der Waals surface area contributed by atoms with Crippen LogP contribution in [0.15, 0.2) is 21.7 Å². The maximum absolute atomic E-state index is 12.8. The molecule has 0 aromatic carbocycles. The molecule has 0 N–H and O–H groups in total. The van der Waals surface area contributed by atoms with E-state index in [-0.39, 0.29) is 11.9 Å². The molecule has 26 heavy (non-hydrogen) atoms. The second kappa shape index (κ2) is 8.35. The van der Waals surface area contributed by atoms with E-state index in [1.807, 2.05) is 11.8 Å². The Balaban J connectivity index is 1.54. The van der Waals surface area contributed by atoms with Crippen LogP contribution in [-0.2, 0) is 14.8 Å². The fraction of sp³-hybridized carbons (Fsp3) is 0.706. The summed E-state index contributed by atoms with van der Waals surface area (Å²) in [5, 5.41) is 1.78. The Morgan fingerprint density at radius 3 is 2.31 bits per heavy atom. The zero-order valence-corrected chi connectivity index (χ0v) is 17.1. The first-order chi connectivity index (χ1) is 12.4. The van der Waals surface area contributed by atoms with Crippen molar-refractivity contribution in [2.75, 3.05) is 58.9 Å². The summed E-state index contributed by atoms with van der Waals surface area (Å²) in [6, 6.07) is 3.20. The molecule has 1 amide bonds. The van der Waals surface area contributed by atoms with Crippen molar-refractivity contribution < 1.29 is 13.2 Å².